The monoisotopic (exact) mass is 265 g/mol. The van der Waals surface area contributed by atoms with E-state index in [0.29, 0.717) is 17.5 Å². The Bertz CT molecular complexity index is 423. The molecule has 0 heterocycles. The molecule has 2 unspecified atom stereocenters. The van der Waals surface area contributed by atoms with Crippen LogP contribution in [0.2, 0.25) is 0 Å². The van der Waals surface area contributed by atoms with Gasteiger partial charge in [-0.1, -0.05) is 26.8 Å². The van der Waals surface area contributed by atoms with Gasteiger partial charge in [0.15, 0.2) is 0 Å². The van der Waals surface area contributed by atoms with Gasteiger partial charge in [-0.3, -0.25) is 4.90 Å². The molecule has 0 saturated carbocycles. The molecular weight excluding hydrogens is 238 g/mol. The zero-order valence-corrected chi connectivity index (χ0v) is 13.2. The fraction of sp³-hybridized carbons (Fsp3) is 0.625. The molecule has 0 radical (unpaired) electrons. The van der Waals surface area contributed by atoms with Crippen LogP contribution in [0.25, 0.3) is 0 Å². The van der Waals surface area contributed by atoms with Gasteiger partial charge < -0.3 is 9.84 Å². The van der Waals surface area contributed by atoms with Gasteiger partial charge in [0.2, 0.25) is 0 Å². The third-order valence-electron chi connectivity index (χ3n) is 4.16. The summed E-state index contributed by atoms with van der Waals surface area (Å²) in [5.41, 5.74) is 1.13. The molecule has 0 aromatic heterocycles. The van der Waals surface area contributed by atoms with Crippen LogP contribution in [0, 0.1) is 5.41 Å². The van der Waals surface area contributed by atoms with Crippen LogP contribution in [-0.2, 0) is 0 Å². The minimum Gasteiger partial charge on any atom is -0.507 e. The maximum absolute atomic E-state index is 10.1. The van der Waals surface area contributed by atoms with Crippen molar-refractivity contribution in [1.29, 1.82) is 0 Å². The highest BCUT2D eigenvalue weighted by molar-refractivity contribution is 5.41. The third kappa shape index (κ3) is 3.63. The molecule has 2 atom stereocenters. The van der Waals surface area contributed by atoms with E-state index in [9.17, 15) is 5.11 Å². The number of ether oxygens (including phenoxy) is 1. The highest BCUT2D eigenvalue weighted by atomic mass is 16.5. The Balaban J connectivity index is 2.97. The Labute approximate surface area is 117 Å². The zero-order chi connectivity index (χ0) is 14.8. The predicted molar refractivity (Wildman–Crippen MR) is 79.8 cm³/mol. The van der Waals surface area contributed by atoms with Gasteiger partial charge in [-0.2, -0.15) is 0 Å². The van der Waals surface area contributed by atoms with Crippen molar-refractivity contribution in [2.45, 2.75) is 46.7 Å². The summed E-state index contributed by atoms with van der Waals surface area (Å²) in [5, 5.41) is 10.1. The van der Waals surface area contributed by atoms with Crippen LogP contribution in [0.3, 0.4) is 0 Å². The fourth-order valence-electron chi connectivity index (χ4n) is 2.17. The van der Waals surface area contributed by atoms with Crippen molar-refractivity contribution in [3.8, 4) is 11.5 Å². The Hall–Kier alpha value is -1.22. The second-order valence-corrected chi connectivity index (χ2v) is 6.31. The first kappa shape index (κ1) is 15.8. The summed E-state index contributed by atoms with van der Waals surface area (Å²) in [5.74, 6) is 0.972. The Morgan fingerprint density at radius 1 is 1.21 bits per heavy atom. The average molecular weight is 265 g/mol. The maximum atomic E-state index is 10.1. The standard InChI is InChI=1S/C16H27NO2/c1-11(17(6)12(2)16(3,4)5)14-9-8-13(19-7)10-15(14)18/h8-12,18H,1-7H3. The summed E-state index contributed by atoms with van der Waals surface area (Å²) in [7, 11) is 3.70. The number of rotatable bonds is 4. The largest absolute Gasteiger partial charge is 0.507 e. The van der Waals surface area contributed by atoms with Gasteiger partial charge >= 0.3 is 0 Å². The summed E-state index contributed by atoms with van der Waals surface area (Å²) >= 11 is 0. The van der Waals surface area contributed by atoms with Crippen molar-refractivity contribution in [3.63, 3.8) is 0 Å². The SMILES string of the molecule is COc1ccc(C(C)N(C)C(C)C(C)(C)C)c(O)c1. The van der Waals surface area contributed by atoms with Gasteiger partial charge in [0, 0.05) is 23.7 Å². The maximum Gasteiger partial charge on any atom is 0.124 e. The Kier molecular flexibility index (Phi) is 4.86. The predicted octanol–water partition coefficient (Wildman–Crippen LogP) is 3.83. The molecule has 1 aromatic rings. The van der Waals surface area contributed by atoms with Crippen LogP contribution in [0.1, 0.15) is 46.2 Å². The van der Waals surface area contributed by atoms with E-state index < -0.39 is 0 Å². The molecule has 0 aliphatic rings. The van der Waals surface area contributed by atoms with Crippen LogP contribution in [-0.4, -0.2) is 30.2 Å². The zero-order valence-electron chi connectivity index (χ0n) is 13.2. The molecule has 1 N–H and O–H groups in total. The summed E-state index contributed by atoms with van der Waals surface area (Å²) in [6.45, 7) is 11.0. The number of phenolic OH excluding ortho intramolecular Hbond substituents is 1. The lowest BCUT2D eigenvalue weighted by Crippen LogP contribution is -2.40. The van der Waals surface area contributed by atoms with E-state index in [-0.39, 0.29) is 11.5 Å². The number of methoxy groups -OCH3 is 1. The molecule has 0 aliphatic carbocycles. The van der Waals surface area contributed by atoms with Gasteiger partial charge in [0.1, 0.15) is 11.5 Å². The van der Waals surface area contributed by atoms with Gasteiger partial charge in [0.25, 0.3) is 0 Å². The second kappa shape index (κ2) is 5.83. The molecule has 3 nitrogen and oxygen atoms in total. The molecule has 1 aromatic carbocycles. The number of phenols is 1. The van der Waals surface area contributed by atoms with E-state index in [4.69, 9.17) is 4.74 Å². The first-order valence-electron chi connectivity index (χ1n) is 6.77. The Morgan fingerprint density at radius 3 is 2.21 bits per heavy atom. The van der Waals surface area contributed by atoms with Gasteiger partial charge in [0.05, 0.1) is 7.11 Å². The summed E-state index contributed by atoms with van der Waals surface area (Å²) in [4.78, 5) is 2.29. The second-order valence-electron chi connectivity index (χ2n) is 6.31. The number of nitrogens with zero attached hydrogens (tertiary/aromatic N) is 1. The van der Waals surface area contributed by atoms with E-state index >= 15 is 0 Å². The summed E-state index contributed by atoms with van der Waals surface area (Å²) in [6.07, 6.45) is 0. The third-order valence-corrected chi connectivity index (χ3v) is 4.16. The van der Waals surface area contributed by atoms with Crippen molar-refractivity contribution in [1.82, 2.24) is 4.90 Å². The van der Waals surface area contributed by atoms with Crippen molar-refractivity contribution in [3.05, 3.63) is 23.8 Å². The molecule has 3 heteroatoms. The topological polar surface area (TPSA) is 32.7 Å². The average Bonchev–Trinajstić information content (AvgIpc) is 2.34. The van der Waals surface area contributed by atoms with E-state index in [1.807, 2.05) is 12.1 Å². The molecule has 1 rings (SSSR count). The first-order valence-corrected chi connectivity index (χ1v) is 6.77. The molecule has 108 valence electrons. The quantitative estimate of drug-likeness (QED) is 0.898. The van der Waals surface area contributed by atoms with Gasteiger partial charge in [-0.05, 0) is 32.4 Å². The van der Waals surface area contributed by atoms with Crippen LogP contribution in [0.15, 0.2) is 18.2 Å². The minimum absolute atomic E-state index is 0.153. The van der Waals surface area contributed by atoms with Crippen molar-refractivity contribution in [2.24, 2.45) is 5.41 Å². The van der Waals surface area contributed by atoms with Crippen molar-refractivity contribution < 1.29 is 9.84 Å². The highest BCUT2D eigenvalue weighted by Gasteiger charge is 2.28. The first-order chi connectivity index (χ1) is 8.68. The highest BCUT2D eigenvalue weighted by Crippen LogP contribution is 2.34. The van der Waals surface area contributed by atoms with E-state index in [1.165, 1.54) is 0 Å². The van der Waals surface area contributed by atoms with Crippen LogP contribution in [0.5, 0.6) is 11.5 Å². The van der Waals surface area contributed by atoms with Crippen LogP contribution >= 0.6 is 0 Å². The molecule has 19 heavy (non-hydrogen) atoms. The molecule has 0 saturated heterocycles. The van der Waals surface area contributed by atoms with Gasteiger partial charge in [-0.25, -0.2) is 0 Å². The number of benzene rings is 1. The smallest absolute Gasteiger partial charge is 0.124 e. The molecule has 0 amide bonds. The van der Waals surface area contributed by atoms with Crippen molar-refractivity contribution >= 4 is 0 Å². The molecular formula is C16H27NO2. The van der Waals surface area contributed by atoms with Crippen LogP contribution in [0.4, 0.5) is 0 Å². The lowest BCUT2D eigenvalue weighted by Gasteiger charge is -2.39. The lowest BCUT2D eigenvalue weighted by molar-refractivity contribution is 0.103. The number of hydrogen-bond acceptors (Lipinski definition) is 3. The molecule has 0 fully saturated rings. The minimum atomic E-state index is 0.153. The van der Waals surface area contributed by atoms with E-state index in [0.717, 1.165) is 5.56 Å². The number of aromatic hydroxyl groups is 1. The summed E-state index contributed by atoms with van der Waals surface area (Å²) in [6, 6.07) is 6.05. The lowest BCUT2D eigenvalue weighted by atomic mass is 9.86. The van der Waals surface area contributed by atoms with Gasteiger partial charge in [-0.15, -0.1) is 0 Å². The molecule has 0 aliphatic heterocycles. The van der Waals surface area contributed by atoms with E-state index in [2.05, 4.69) is 46.6 Å². The fourth-order valence-corrected chi connectivity index (χ4v) is 2.17. The van der Waals surface area contributed by atoms with Crippen LogP contribution < -0.4 is 4.74 Å². The Morgan fingerprint density at radius 2 is 1.79 bits per heavy atom. The number of hydrogen-bond donors (Lipinski definition) is 1. The van der Waals surface area contributed by atoms with E-state index in [1.54, 1.807) is 13.2 Å². The summed E-state index contributed by atoms with van der Waals surface area (Å²) < 4.78 is 5.12. The van der Waals surface area contributed by atoms with Crippen molar-refractivity contribution in [2.75, 3.05) is 14.2 Å². The molecule has 0 bridgehead atoms. The molecule has 0 spiro atoms. The normalized spacial score (nSPS) is 15.4.